The van der Waals surface area contributed by atoms with E-state index in [9.17, 15) is 15.0 Å². The Morgan fingerprint density at radius 3 is 2.78 bits per heavy atom. The minimum absolute atomic E-state index is 0.391. The first-order chi connectivity index (χ1) is 10.9. The number of methoxy groups -OCH3 is 1. The van der Waals surface area contributed by atoms with Crippen LogP contribution in [0.25, 0.3) is 0 Å². The van der Waals surface area contributed by atoms with E-state index in [0.29, 0.717) is 32.5 Å². The molecule has 2 atom stereocenters. The number of aryl methyl sites for hydroxylation is 1. The monoisotopic (exact) mass is 321 g/mol. The standard InChI is InChI=1S/C18H27NO4/c1-4-8-18(17(21)22)12-19(9-7-16(18)20)11-14-5-6-15(23-3)13(2)10-14/h5-6,10,16,20H,4,7-9,11-12H2,1-3H3,(H,21,22)/t16-,18-/m1/s1. The van der Waals surface area contributed by atoms with Crippen molar-refractivity contribution in [1.82, 2.24) is 4.90 Å². The lowest BCUT2D eigenvalue weighted by atomic mass is 9.74. The first kappa shape index (κ1) is 17.8. The van der Waals surface area contributed by atoms with Gasteiger partial charge in [-0.25, -0.2) is 0 Å². The topological polar surface area (TPSA) is 70.0 Å². The highest BCUT2D eigenvalue weighted by Crippen LogP contribution is 2.36. The van der Waals surface area contributed by atoms with Gasteiger partial charge in [-0.15, -0.1) is 0 Å². The maximum Gasteiger partial charge on any atom is 0.313 e. The summed E-state index contributed by atoms with van der Waals surface area (Å²) in [5, 5.41) is 20.0. The number of carbonyl (C=O) groups is 1. The van der Waals surface area contributed by atoms with Gasteiger partial charge in [0.25, 0.3) is 0 Å². The van der Waals surface area contributed by atoms with Crippen LogP contribution < -0.4 is 4.74 Å². The van der Waals surface area contributed by atoms with Crippen molar-refractivity contribution in [2.24, 2.45) is 5.41 Å². The highest BCUT2D eigenvalue weighted by molar-refractivity contribution is 5.76. The maximum absolute atomic E-state index is 11.8. The number of ether oxygens (including phenoxy) is 1. The summed E-state index contributed by atoms with van der Waals surface area (Å²) in [5.74, 6) is -0.0313. The van der Waals surface area contributed by atoms with Crippen molar-refractivity contribution in [2.45, 2.75) is 45.8 Å². The van der Waals surface area contributed by atoms with Gasteiger partial charge in [-0.05, 0) is 37.0 Å². The van der Waals surface area contributed by atoms with E-state index in [1.54, 1.807) is 7.11 Å². The minimum atomic E-state index is -1.05. The van der Waals surface area contributed by atoms with Crippen molar-refractivity contribution in [1.29, 1.82) is 0 Å². The summed E-state index contributed by atoms with van der Waals surface area (Å²) in [4.78, 5) is 13.9. The zero-order chi connectivity index (χ0) is 17.0. The van der Waals surface area contributed by atoms with E-state index in [0.717, 1.165) is 23.3 Å². The van der Waals surface area contributed by atoms with Crippen molar-refractivity contribution in [2.75, 3.05) is 20.2 Å². The third-order valence-corrected chi connectivity index (χ3v) is 4.85. The number of nitrogens with zero attached hydrogens (tertiary/aromatic N) is 1. The summed E-state index contributed by atoms with van der Waals surface area (Å²) in [6.45, 7) is 5.76. The van der Waals surface area contributed by atoms with Gasteiger partial charge < -0.3 is 14.9 Å². The average Bonchev–Trinajstić information content (AvgIpc) is 2.51. The number of aliphatic carboxylic acids is 1. The Kier molecular flexibility index (Phi) is 5.65. The number of likely N-dealkylation sites (tertiary alicyclic amines) is 1. The second kappa shape index (κ2) is 7.32. The third kappa shape index (κ3) is 3.67. The molecule has 1 aromatic carbocycles. The normalized spacial score (nSPS) is 25.3. The highest BCUT2D eigenvalue weighted by atomic mass is 16.5. The van der Waals surface area contributed by atoms with Gasteiger partial charge in [0.1, 0.15) is 11.2 Å². The SMILES string of the molecule is CCC[C@@]1(C(=O)O)CN(Cc2ccc(OC)c(C)c2)CC[C@H]1O. The molecule has 1 saturated heterocycles. The van der Waals surface area contributed by atoms with Crippen molar-refractivity contribution >= 4 is 5.97 Å². The van der Waals surface area contributed by atoms with Gasteiger partial charge in [0.05, 0.1) is 13.2 Å². The predicted octanol–water partition coefficient (Wildman–Crippen LogP) is 2.44. The van der Waals surface area contributed by atoms with E-state index in [1.807, 2.05) is 26.0 Å². The lowest BCUT2D eigenvalue weighted by Crippen LogP contribution is -2.55. The van der Waals surface area contributed by atoms with Crippen LogP contribution in [-0.4, -0.2) is 47.4 Å². The van der Waals surface area contributed by atoms with Crippen LogP contribution in [0.15, 0.2) is 18.2 Å². The van der Waals surface area contributed by atoms with Gasteiger partial charge in [-0.1, -0.05) is 25.5 Å². The molecule has 0 saturated carbocycles. The molecule has 2 rings (SSSR count). The Labute approximate surface area is 137 Å². The summed E-state index contributed by atoms with van der Waals surface area (Å²) in [7, 11) is 1.65. The Morgan fingerprint density at radius 2 is 2.22 bits per heavy atom. The fraction of sp³-hybridized carbons (Fsp3) is 0.611. The smallest absolute Gasteiger partial charge is 0.313 e. The zero-order valence-electron chi connectivity index (χ0n) is 14.2. The van der Waals surface area contributed by atoms with E-state index < -0.39 is 17.5 Å². The largest absolute Gasteiger partial charge is 0.496 e. The van der Waals surface area contributed by atoms with E-state index in [1.165, 1.54) is 0 Å². The molecule has 1 fully saturated rings. The van der Waals surface area contributed by atoms with Crippen LogP contribution in [-0.2, 0) is 11.3 Å². The molecule has 5 heteroatoms. The molecule has 2 N–H and O–H groups in total. The molecule has 1 aromatic rings. The molecule has 0 radical (unpaired) electrons. The van der Waals surface area contributed by atoms with Crippen LogP contribution in [0.3, 0.4) is 0 Å². The second-order valence-electron chi connectivity index (χ2n) is 6.53. The maximum atomic E-state index is 11.8. The average molecular weight is 321 g/mol. The second-order valence-corrected chi connectivity index (χ2v) is 6.53. The van der Waals surface area contributed by atoms with Gasteiger partial charge in [-0.3, -0.25) is 9.69 Å². The molecule has 0 aliphatic carbocycles. The highest BCUT2D eigenvalue weighted by Gasteiger charge is 2.48. The van der Waals surface area contributed by atoms with Gasteiger partial charge in [-0.2, -0.15) is 0 Å². The minimum Gasteiger partial charge on any atom is -0.496 e. The molecule has 0 bridgehead atoms. The lowest BCUT2D eigenvalue weighted by Gasteiger charge is -2.43. The number of hydrogen-bond donors (Lipinski definition) is 2. The predicted molar refractivity (Wildman–Crippen MR) is 88.6 cm³/mol. The molecule has 128 valence electrons. The number of aliphatic hydroxyl groups is 1. The number of carboxylic acid groups (broad SMARTS) is 1. The van der Waals surface area contributed by atoms with Crippen LogP contribution in [0.1, 0.15) is 37.3 Å². The molecular weight excluding hydrogens is 294 g/mol. The Morgan fingerprint density at radius 1 is 1.48 bits per heavy atom. The van der Waals surface area contributed by atoms with Crippen molar-refractivity contribution < 1.29 is 19.7 Å². The molecule has 5 nitrogen and oxygen atoms in total. The first-order valence-electron chi connectivity index (χ1n) is 8.20. The van der Waals surface area contributed by atoms with Gasteiger partial charge in [0, 0.05) is 19.6 Å². The van der Waals surface area contributed by atoms with Crippen LogP contribution >= 0.6 is 0 Å². The van der Waals surface area contributed by atoms with E-state index >= 15 is 0 Å². The summed E-state index contributed by atoms with van der Waals surface area (Å²) in [6, 6.07) is 6.03. The quantitative estimate of drug-likeness (QED) is 0.842. The van der Waals surface area contributed by atoms with Crippen molar-refractivity contribution in [3.05, 3.63) is 29.3 Å². The summed E-state index contributed by atoms with van der Waals surface area (Å²) in [5.41, 5.74) is 1.16. The molecule has 0 aromatic heterocycles. The van der Waals surface area contributed by atoms with Crippen LogP contribution in [0.2, 0.25) is 0 Å². The van der Waals surface area contributed by atoms with Crippen LogP contribution in [0, 0.1) is 12.3 Å². The lowest BCUT2D eigenvalue weighted by molar-refractivity contribution is -0.164. The van der Waals surface area contributed by atoms with Gasteiger partial charge in [0.15, 0.2) is 0 Å². The van der Waals surface area contributed by atoms with E-state index in [-0.39, 0.29) is 0 Å². The number of hydrogen-bond acceptors (Lipinski definition) is 4. The first-order valence-corrected chi connectivity index (χ1v) is 8.20. The zero-order valence-corrected chi connectivity index (χ0v) is 14.2. The summed E-state index contributed by atoms with van der Waals surface area (Å²) >= 11 is 0. The van der Waals surface area contributed by atoms with Crippen molar-refractivity contribution in [3.8, 4) is 5.75 Å². The fourth-order valence-electron chi connectivity index (χ4n) is 3.61. The van der Waals surface area contributed by atoms with E-state index in [2.05, 4.69) is 11.0 Å². The summed E-state index contributed by atoms with van der Waals surface area (Å²) < 4.78 is 5.28. The molecule has 0 amide bonds. The molecule has 1 aliphatic rings. The van der Waals surface area contributed by atoms with Gasteiger partial charge in [0.2, 0.25) is 0 Å². The Balaban J connectivity index is 2.15. The number of carboxylic acids is 1. The molecule has 1 heterocycles. The molecule has 1 aliphatic heterocycles. The Hall–Kier alpha value is -1.59. The van der Waals surface area contributed by atoms with Gasteiger partial charge >= 0.3 is 5.97 Å². The fourth-order valence-corrected chi connectivity index (χ4v) is 3.61. The number of aliphatic hydroxyl groups excluding tert-OH is 1. The summed E-state index contributed by atoms with van der Waals surface area (Å²) in [6.07, 6.45) is 0.982. The van der Waals surface area contributed by atoms with Crippen molar-refractivity contribution in [3.63, 3.8) is 0 Å². The van der Waals surface area contributed by atoms with E-state index in [4.69, 9.17) is 4.74 Å². The molecule has 0 unspecified atom stereocenters. The van der Waals surface area contributed by atoms with Crippen LogP contribution in [0.5, 0.6) is 5.75 Å². The van der Waals surface area contributed by atoms with Crippen LogP contribution in [0.4, 0.5) is 0 Å². The number of rotatable bonds is 6. The molecule has 23 heavy (non-hydrogen) atoms. The third-order valence-electron chi connectivity index (χ3n) is 4.85. The number of piperidine rings is 1. The Bertz CT molecular complexity index is 560. The molecule has 0 spiro atoms. The number of benzene rings is 1. The molecular formula is C18H27NO4.